The molecule has 1 saturated carbocycles. The van der Waals surface area contributed by atoms with Gasteiger partial charge in [-0.2, -0.15) is 0 Å². The number of nitrogens with zero attached hydrogens (tertiary/aromatic N) is 4. The number of nitrogens with one attached hydrogen (secondary N) is 2. The minimum absolute atomic E-state index is 0.0193. The fourth-order valence-corrected chi connectivity index (χ4v) is 8.41. The van der Waals surface area contributed by atoms with Gasteiger partial charge < -0.3 is 20.5 Å². The fraction of sp³-hybridized carbons (Fsp3) is 0.152. The second-order valence-corrected chi connectivity index (χ2v) is 14.5. The number of hydrogen-bond acceptors (Lipinski definition) is 5. The molecule has 3 aliphatic heterocycles. The zero-order valence-electron chi connectivity index (χ0n) is 29.4. The Hall–Kier alpha value is -6.15. The number of fused-ring (bicyclic) bond motifs is 6. The third-order valence-electron chi connectivity index (χ3n) is 11.3. The van der Waals surface area contributed by atoms with Gasteiger partial charge in [0, 0.05) is 75.5 Å². The van der Waals surface area contributed by atoms with E-state index in [1.54, 1.807) is 0 Å². The maximum Gasteiger partial charge on any atom is 0.157 e. The van der Waals surface area contributed by atoms with Crippen LogP contribution in [0.5, 0.6) is 0 Å². The molecule has 1 saturated heterocycles. The summed E-state index contributed by atoms with van der Waals surface area (Å²) in [4.78, 5) is 15.1. The van der Waals surface area contributed by atoms with Crippen molar-refractivity contribution >= 4 is 44.5 Å². The highest BCUT2D eigenvalue weighted by Crippen LogP contribution is 2.51. The lowest BCUT2D eigenvalue weighted by Crippen LogP contribution is -2.81. The SMILES string of the molecule is CCNC1=CC[NH2+]C(c2cccc(-c3ccc4c(ccc5c6ccc(-c7cccc(C8C=C(C9C%10NC%109)C=N8)n7)cc6n(-c6ccccc6)c45)c3)n2)=C1. The highest BCUT2D eigenvalue weighted by molar-refractivity contribution is 6.19. The van der Waals surface area contributed by atoms with Gasteiger partial charge in [0.05, 0.1) is 28.1 Å². The van der Waals surface area contributed by atoms with Crippen molar-refractivity contribution in [2.24, 2.45) is 10.9 Å². The Kier molecular flexibility index (Phi) is 6.87. The second-order valence-electron chi connectivity index (χ2n) is 14.5. The molecule has 1 aliphatic carbocycles. The fourth-order valence-electron chi connectivity index (χ4n) is 8.41. The largest absolute Gasteiger partial charge is 0.385 e. The molecule has 3 aromatic heterocycles. The van der Waals surface area contributed by atoms with E-state index in [4.69, 9.17) is 15.0 Å². The Morgan fingerprint density at radius 1 is 0.774 bits per heavy atom. The lowest BCUT2D eigenvalue weighted by atomic mass is 10.0. The van der Waals surface area contributed by atoms with Gasteiger partial charge in [0.25, 0.3) is 0 Å². The zero-order valence-corrected chi connectivity index (χ0v) is 29.4. The Bertz CT molecular complexity index is 2740. The van der Waals surface area contributed by atoms with Gasteiger partial charge in [0.1, 0.15) is 18.3 Å². The van der Waals surface area contributed by atoms with Crippen LogP contribution in [0.1, 0.15) is 24.4 Å². The lowest BCUT2D eigenvalue weighted by Gasteiger charge is -2.13. The number of allylic oxidation sites excluding steroid dienone is 1. The highest BCUT2D eigenvalue weighted by atomic mass is 15.3. The first kappa shape index (κ1) is 30.5. The molecular formula is C46H38N7+. The number of benzene rings is 4. The molecule has 7 heteroatoms. The van der Waals surface area contributed by atoms with E-state index in [1.165, 1.54) is 32.6 Å². The predicted molar refractivity (Wildman–Crippen MR) is 215 cm³/mol. The van der Waals surface area contributed by atoms with Crippen LogP contribution in [0.4, 0.5) is 0 Å². The van der Waals surface area contributed by atoms with E-state index in [-0.39, 0.29) is 6.04 Å². The van der Waals surface area contributed by atoms with Gasteiger partial charge >= 0.3 is 0 Å². The Morgan fingerprint density at radius 3 is 2.38 bits per heavy atom. The van der Waals surface area contributed by atoms with Gasteiger partial charge in [-0.15, -0.1) is 0 Å². The summed E-state index contributed by atoms with van der Waals surface area (Å²) in [5.41, 5.74) is 13.3. The molecule has 6 heterocycles. The zero-order chi connectivity index (χ0) is 35.0. The molecule has 0 spiro atoms. The van der Waals surface area contributed by atoms with E-state index in [0.717, 1.165) is 69.6 Å². The summed E-state index contributed by atoms with van der Waals surface area (Å²) in [5, 5.41) is 14.0. The van der Waals surface area contributed by atoms with Gasteiger partial charge in [-0.25, -0.2) is 4.98 Å². The van der Waals surface area contributed by atoms with Crippen LogP contribution in [0.25, 0.3) is 66.5 Å². The normalized spacial score (nSPS) is 21.4. The van der Waals surface area contributed by atoms with Crippen LogP contribution >= 0.6 is 0 Å². The predicted octanol–water partition coefficient (Wildman–Crippen LogP) is 7.49. The van der Waals surface area contributed by atoms with Crippen molar-refractivity contribution in [3.05, 3.63) is 156 Å². The van der Waals surface area contributed by atoms with Crippen molar-refractivity contribution in [2.45, 2.75) is 25.0 Å². The summed E-state index contributed by atoms with van der Waals surface area (Å²) >= 11 is 0. The number of aliphatic imine (C=N–C) groups is 1. The molecule has 7 nitrogen and oxygen atoms in total. The van der Waals surface area contributed by atoms with E-state index in [9.17, 15) is 0 Å². The molecule has 0 radical (unpaired) electrons. The summed E-state index contributed by atoms with van der Waals surface area (Å²) in [6, 6.07) is 42.8. The summed E-state index contributed by atoms with van der Waals surface area (Å²) in [5.74, 6) is 0.650. The maximum atomic E-state index is 5.17. The molecule has 0 amide bonds. The standard InChI is InChI=1S/C46H37N7/c1-2-47-31-20-21-48-41(25-31)39-13-6-10-36(50-39)28-15-17-33-27(22-28)14-19-35-34-18-16-29(24-42(34)53(46(33)35)32-8-4-3-5-9-32)37-11-7-12-38(51-37)40-23-30(26-49-40)43-44-45(43)52-44/h3-20,22-26,40,43-45,47-48,52H,2,21H2,1H3/p+1. The minimum atomic E-state index is -0.0193. The topological polar surface area (TPSA) is 93.6 Å². The van der Waals surface area contributed by atoms with Gasteiger partial charge in [-0.3, -0.25) is 9.98 Å². The van der Waals surface area contributed by atoms with Gasteiger partial charge in [-0.1, -0.05) is 66.7 Å². The summed E-state index contributed by atoms with van der Waals surface area (Å²) in [6.07, 6.45) is 8.78. The molecular weight excluding hydrogens is 651 g/mol. The molecule has 11 rings (SSSR count). The number of pyridine rings is 2. The first-order valence-corrected chi connectivity index (χ1v) is 18.7. The van der Waals surface area contributed by atoms with Crippen LogP contribution in [-0.4, -0.2) is 45.9 Å². The summed E-state index contributed by atoms with van der Waals surface area (Å²) in [7, 11) is 0. The van der Waals surface area contributed by atoms with Crippen LogP contribution in [0, 0.1) is 5.92 Å². The van der Waals surface area contributed by atoms with Crippen molar-refractivity contribution in [1.82, 2.24) is 25.2 Å². The van der Waals surface area contributed by atoms with E-state index in [0.29, 0.717) is 18.0 Å². The third-order valence-corrected chi connectivity index (χ3v) is 11.3. The lowest BCUT2D eigenvalue weighted by molar-refractivity contribution is -0.553. The average Bonchev–Trinajstić information content (AvgIpc) is 4.05. The molecule has 0 bridgehead atoms. The molecule has 3 unspecified atom stereocenters. The minimum Gasteiger partial charge on any atom is -0.385 e. The molecule has 4 aliphatic rings. The Balaban J connectivity index is 1.01. The summed E-state index contributed by atoms with van der Waals surface area (Å²) < 4.78 is 2.42. The van der Waals surface area contributed by atoms with E-state index < -0.39 is 0 Å². The number of likely N-dealkylation sites (N-methyl/N-ethyl adjacent to an activating group) is 1. The molecule has 7 aromatic rings. The number of quaternary nitrogens is 1. The number of aromatic nitrogens is 3. The van der Waals surface area contributed by atoms with Crippen molar-refractivity contribution in [3.63, 3.8) is 0 Å². The van der Waals surface area contributed by atoms with Crippen LogP contribution in [-0.2, 0) is 0 Å². The van der Waals surface area contributed by atoms with Crippen molar-refractivity contribution in [2.75, 3.05) is 13.1 Å². The van der Waals surface area contributed by atoms with E-state index in [1.807, 2.05) is 0 Å². The van der Waals surface area contributed by atoms with Crippen molar-refractivity contribution < 1.29 is 5.32 Å². The Morgan fingerprint density at radius 2 is 1.55 bits per heavy atom. The van der Waals surface area contributed by atoms with Gasteiger partial charge in [0.15, 0.2) is 5.70 Å². The maximum absolute atomic E-state index is 5.17. The smallest absolute Gasteiger partial charge is 0.157 e. The number of nitrogens with two attached hydrogens (primary N) is 1. The first-order chi connectivity index (χ1) is 26.2. The van der Waals surface area contributed by atoms with Crippen LogP contribution in [0.15, 0.2) is 150 Å². The monoisotopic (exact) mass is 688 g/mol. The van der Waals surface area contributed by atoms with Gasteiger partial charge in [0.2, 0.25) is 0 Å². The molecule has 3 atom stereocenters. The quantitative estimate of drug-likeness (QED) is 0.144. The Labute approximate surface area is 307 Å². The van der Waals surface area contributed by atoms with Gasteiger partial charge in [-0.05, 0) is 78.6 Å². The number of rotatable bonds is 8. The molecule has 4 N–H and O–H groups in total. The average molecular weight is 689 g/mol. The second kappa shape index (κ2) is 12.0. The molecule has 256 valence electrons. The van der Waals surface area contributed by atoms with Crippen LogP contribution < -0.4 is 16.0 Å². The van der Waals surface area contributed by atoms with E-state index in [2.05, 4.69) is 167 Å². The number of para-hydroxylation sites is 1. The van der Waals surface area contributed by atoms with E-state index >= 15 is 0 Å². The summed E-state index contributed by atoms with van der Waals surface area (Å²) in [6.45, 7) is 3.93. The number of hydrogen-bond donors (Lipinski definition) is 3. The van der Waals surface area contributed by atoms with Crippen molar-refractivity contribution in [1.29, 1.82) is 0 Å². The van der Waals surface area contributed by atoms with Crippen LogP contribution in [0.2, 0.25) is 0 Å². The third kappa shape index (κ3) is 5.15. The van der Waals surface area contributed by atoms with Crippen LogP contribution in [0.3, 0.4) is 0 Å². The molecule has 2 fully saturated rings. The molecule has 4 aromatic carbocycles. The van der Waals surface area contributed by atoms with Crippen molar-refractivity contribution in [3.8, 4) is 28.2 Å². The first-order valence-electron chi connectivity index (χ1n) is 18.7. The molecule has 53 heavy (non-hydrogen) atoms. The highest BCUT2D eigenvalue weighted by Gasteiger charge is 2.65.